The van der Waals surface area contributed by atoms with Gasteiger partial charge in [-0.1, -0.05) is 6.07 Å². The standard InChI is InChI=1S/C12H11F3N4O3/c1-21-7-5-3-4-6(8(7)22-2)9(20)16-11-17-10(18-19-11)12(13,14)15/h3-5H,1-2H3,(H2,16,17,18,19,20). The molecule has 2 N–H and O–H groups in total. The number of carbonyl (C=O) groups excluding carboxylic acids is 1. The van der Waals surface area contributed by atoms with Crippen LogP contribution in [0.15, 0.2) is 18.2 Å². The van der Waals surface area contributed by atoms with Crippen LogP contribution < -0.4 is 14.8 Å². The largest absolute Gasteiger partial charge is 0.493 e. The fourth-order valence-corrected chi connectivity index (χ4v) is 1.68. The van der Waals surface area contributed by atoms with Crippen molar-refractivity contribution in [2.75, 3.05) is 19.5 Å². The molecule has 7 nitrogen and oxygen atoms in total. The van der Waals surface area contributed by atoms with E-state index in [0.29, 0.717) is 5.75 Å². The molecule has 0 saturated carbocycles. The first-order valence-electron chi connectivity index (χ1n) is 5.88. The molecule has 0 spiro atoms. The number of nitrogens with one attached hydrogen (secondary N) is 2. The van der Waals surface area contributed by atoms with Crippen molar-refractivity contribution < 1.29 is 27.4 Å². The molecule has 1 aromatic carbocycles. The zero-order valence-corrected chi connectivity index (χ0v) is 11.5. The Morgan fingerprint density at radius 3 is 2.55 bits per heavy atom. The third kappa shape index (κ3) is 3.10. The monoisotopic (exact) mass is 316 g/mol. The summed E-state index contributed by atoms with van der Waals surface area (Å²) in [5.74, 6) is -2.08. The lowest BCUT2D eigenvalue weighted by atomic mass is 10.1. The van der Waals surface area contributed by atoms with Gasteiger partial charge in [0.15, 0.2) is 11.5 Å². The number of benzene rings is 1. The van der Waals surface area contributed by atoms with E-state index in [-0.39, 0.29) is 11.3 Å². The highest BCUT2D eigenvalue weighted by atomic mass is 19.4. The molecule has 0 atom stereocenters. The van der Waals surface area contributed by atoms with E-state index in [2.05, 4.69) is 15.4 Å². The van der Waals surface area contributed by atoms with Crippen LogP contribution in [0.4, 0.5) is 19.1 Å². The van der Waals surface area contributed by atoms with Crippen molar-refractivity contribution >= 4 is 11.9 Å². The van der Waals surface area contributed by atoms with E-state index in [9.17, 15) is 18.0 Å². The summed E-state index contributed by atoms with van der Waals surface area (Å²) in [6.07, 6.45) is -4.68. The van der Waals surface area contributed by atoms with Gasteiger partial charge < -0.3 is 9.47 Å². The van der Waals surface area contributed by atoms with E-state index in [1.54, 1.807) is 11.2 Å². The molecule has 1 heterocycles. The van der Waals surface area contributed by atoms with Crippen molar-refractivity contribution in [1.82, 2.24) is 15.2 Å². The van der Waals surface area contributed by atoms with Crippen LogP contribution in [0.1, 0.15) is 16.2 Å². The number of aromatic amines is 1. The van der Waals surface area contributed by atoms with E-state index < -0.39 is 23.9 Å². The quantitative estimate of drug-likeness (QED) is 0.901. The number of amides is 1. The van der Waals surface area contributed by atoms with Gasteiger partial charge in [0, 0.05) is 0 Å². The molecular weight excluding hydrogens is 305 g/mol. The molecule has 0 radical (unpaired) electrons. The number of halogens is 3. The normalized spacial score (nSPS) is 11.1. The summed E-state index contributed by atoms with van der Waals surface area (Å²) in [6.45, 7) is 0. The fourth-order valence-electron chi connectivity index (χ4n) is 1.68. The van der Waals surface area contributed by atoms with Gasteiger partial charge in [-0.05, 0) is 12.1 Å². The summed E-state index contributed by atoms with van der Waals surface area (Å²) in [4.78, 5) is 15.2. The minimum Gasteiger partial charge on any atom is -0.493 e. The van der Waals surface area contributed by atoms with Crippen LogP contribution in [0.2, 0.25) is 0 Å². The zero-order valence-electron chi connectivity index (χ0n) is 11.5. The van der Waals surface area contributed by atoms with E-state index in [4.69, 9.17) is 9.47 Å². The van der Waals surface area contributed by atoms with Crippen molar-refractivity contribution in [2.45, 2.75) is 6.18 Å². The third-order valence-corrected chi connectivity index (χ3v) is 2.63. The zero-order chi connectivity index (χ0) is 16.3. The highest BCUT2D eigenvalue weighted by Gasteiger charge is 2.35. The van der Waals surface area contributed by atoms with Crippen LogP contribution in [-0.4, -0.2) is 35.3 Å². The Morgan fingerprint density at radius 2 is 2.00 bits per heavy atom. The summed E-state index contributed by atoms with van der Waals surface area (Å²) in [6, 6.07) is 4.54. The third-order valence-electron chi connectivity index (χ3n) is 2.63. The summed E-state index contributed by atoms with van der Waals surface area (Å²) in [5, 5.41) is 7.13. The number of aromatic nitrogens is 3. The van der Waals surface area contributed by atoms with Gasteiger partial charge in [-0.2, -0.15) is 18.2 Å². The molecule has 1 amide bonds. The first kappa shape index (κ1) is 15.6. The topological polar surface area (TPSA) is 89.1 Å². The number of ether oxygens (including phenoxy) is 2. The van der Waals surface area contributed by atoms with Crippen LogP contribution in [0.25, 0.3) is 0 Å². The van der Waals surface area contributed by atoms with Gasteiger partial charge in [0.1, 0.15) is 0 Å². The van der Waals surface area contributed by atoms with Crippen LogP contribution in [0.5, 0.6) is 11.5 Å². The Morgan fingerprint density at radius 1 is 1.27 bits per heavy atom. The van der Waals surface area contributed by atoms with Crippen LogP contribution >= 0.6 is 0 Å². The van der Waals surface area contributed by atoms with E-state index >= 15 is 0 Å². The summed E-state index contributed by atoms with van der Waals surface area (Å²) >= 11 is 0. The number of anilines is 1. The van der Waals surface area contributed by atoms with E-state index in [0.717, 1.165) is 0 Å². The predicted octanol–water partition coefficient (Wildman–Crippen LogP) is 2.09. The predicted molar refractivity (Wildman–Crippen MR) is 68.9 cm³/mol. The van der Waals surface area contributed by atoms with Gasteiger partial charge in [-0.15, -0.1) is 5.10 Å². The lowest BCUT2D eigenvalue weighted by Gasteiger charge is -2.11. The average Bonchev–Trinajstić information content (AvgIpc) is 2.94. The highest BCUT2D eigenvalue weighted by Crippen LogP contribution is 2.31. The Kier molecular flexibility index (Phi) is 4.20. The molecule has 118 valence electrons. The number of H-pyrrole nitrogens is 1. The second kappa shape index (κ2) is 5.92. The second-order valence-electron chi connectivity index (χ2n) is 4.00. The first-order chi connectivity index (χ1) is 10.4. The SMILES string of the molecule is COc1cccc(C(=O)Nc2n[nH]c(C(F)(F)F)n2)c1OC. The van der Waals surface area contributed by atoms with E-state index in [1.165, 1.54) is 26.4 Å². The second-order valence-corrected chi connectivity index (χ2v) is 4.00. The first-order valence-corrected chi connectivity index (χ1v) is 5.88. The van der Waals surface area contributed by atoms with Crippen molar-refractivity contribution in [3.63, 3.8) is 0 Å². The molecule has 2 rings (SSSR count). The molecule has 0 saturated heterocycles. The average molecular weight is 316 g/mol. The molecule has 0 bridgehead atoms. The number of hydrogen-bond donors (Lipinski definition) is 2. The number of rotatable bonds is 4. The number of carbonyl (C=O) groups is 1. The molecule has 0 aliphatic carbocycles. The van der Waals surface area contributed by atoms with Crippen molar-refractivity contribution in [2.24, 2.45) is 0 Å². The van der Waals surface area contributed by atoms with Gasteiger partial charge >= 0.3 is 6.18 Å². The number of hydrogen-bond acceptors (Lipinski definition) is 5. The van der Waals surface area contributed by atoms with Gasteiger partial charge in [-0.3, -0.25) is 15.2 Å². The maximum absolute atomic E-state index is 12.4. The fraction of sp³-hybridized carbons (Fsp3) is 0.250. The Bertz CT molecular complexity index is 684. The van der Waals surface area contributed by atoms with Crippen LogP contribution in [0.3, 0.4) is 0 Å². The van der Waals surface area contributed by atoms with Gasteiger partial charge in [-0.25, -0.2) is 0 Å². The van der Waals surface area contributed by atoms with Crippen molar-refractivity contribution in [3.05, 3.63) is 29.6 Å². The minimum absolute atomic E-state index is 0.0696. The number of para-hydroxylation sites is 1. The van der Waals surface area contributed by atoms with Crippen molar-refractivity contribution in [1.29, 1.82) is 0 Å². The molecule has 10 heteroatoms. The summed E-state index contributed by atoms with van der Waals surface area (Å²) in [7, 11) is 2.73. The number of methoxy groups -OCH3 is 2. The Balaban J connectivity index is 2.25. The lowest BCUT2D eigenvalue weighted by Crippen LogP contribution is -2.15. The minimum atomic E-state index is -4.68. The molecule has 0 aliphatic rings. The van der Waals surface area contributed by atoms with E-state index in [1.807, 2.05) is 0 Å². The molecule has 0 aliphatic heterocycles. The van der Waals surface area contributed by atoms with Gasteiger partial charge in [0.2, 0.25) is 11.8 Å². The lowest BCUT2D eigenvalue weighted by molar-refractivity contribution is -0.144. The molecule has 2 aromatic rings. The maximum atomic E-state index is 12.4. The van der Waals surface area contributed by atoms with Crippen molar-refractivity contribution in [3.8, 4) is 11.5 Å². The van der Waals surface area contributed by atoms with Crippen LogP contribution in [0, 0.1) is 0 Å². The Labute approximate surface area is 122 Å². The molecule has 1 aromatic heterocycles. The molecular formula is C12H11F3N4O3. The van der Waals surface area contributed by atoms with Crippen LogP contribution in [-0.2, 0) is 6.18 Å². The van der Waals surface area contributed by atoms with Gasteiger partial charge in [0.25, 0.3) is 5.91 Å². The van der Waals surface area contributed by atoms with Gasteiger partial charge in [0.05, 0.1) is 19.8 Å². The summed E-state index contributed by atoms with van der Waals surface area (Å²) in [5.41, 5.74) is 0.0696. The molecule has 22 heavy (non-hydrogen) atoms. The molecule has 0 unspecified atom stereocenters. The molecule has 0 fully saturated rings. The maximum Gasteiger partial charge on any atom is 0.451 e. The number of nitrogens with zero attached hydrogens (tertiary/aromatic N) is 2. The number of alkyl halides is 3. The Hall–Kier alpha value is -2.78. The highest BCUT2D eigenvalue weighted by molar-refractivity contribution is 6.05. The summed E-state index contributed by atoms with van der Waals surface area (Å²) < 4.78 is 47.3. The smallest absolute Gasteiger partial charge is 0.451 e.